The number of fused-ring (bicyclic) bond motifs is 1. The third kappa shape index (κ3) is 3.88. The van der Waals surface area contributed by atoms with Gasteiger partial charge in [-0.15, -0.1) is 0 Å². The number of para-hydroxylation sites is 1. The number of nitro benzene ring substituents is 1. The molecular formula is C21H12N4O4S3. The van der Waals surface area contributed by atoms with Gasteiger partial charge < -0.3 is 4.42 Å². The molecule has 1 N–H and O–H groups in total. The SMILES string of the molecule is O=C1/C(=C/c2ccc(-c3cccc([N+](=O)[O-])c3)o2)SC(=S)N1Nc1nc2ccccc2s1. The first kappa shape index (κ1) is 20.4. The molecule has 0 radical (unpaired) electrons. The highest BCUT2D eigenvalue weighted by Crippen LogP contribution is 2.35. The Morgan fingerprint density at radius 2 is 2.00 bits per heavy atom. The fourth-order valence-corrected chi connectivity index (χ4v) is 5.08. The lowest BCUT2D eigenvalue weighted by Crippen LogP contribution is -2.33. The van der Waals surface area contributed by atoms with E-state index in [-0.39, 0.29) is 11.6 Å². The maximum atomic E-state index is 12.9. The molecule has 1 fully saturated rings. The fraction of sp³-hybridized carbons (Fsp3) is 0. The van der Waals surface area contributed by atoms with Crippen LogP contribution in [0.3, 0.4) is 0 Å². The molecule has 2 aromatic carbocycles. The summed E-state index contributed by atoms with van der Waals surface area (Å²) in [5, 5.41) is 12.8. The molecule has 0 spiro atoms. The Kier molecular flexibility index (Phi) is 5.21. The van der Waals surface area contributed by atoms with Crippen molar-refractivity contribution >= 4 is 72.7 Å². The van der Waals surface area contributed by atoms with Crippen LogP contribution >= 0.6 is 35.3 Å². The Hall–Kier alpha value is -3.54. The summed E-state index contributed by atoms with van der Waals surface area (Å²) in [6.07, 6.45) is 1.60. The highest BCUT2D eigenvalue weighted by atomic mass is 32.2. The lowest BCUT2D eigenvalue weighted by atomic mass is 10.1. The lowest BCUT2D eigenvalue weighted by Gasteiger charge is -2.14. The number of hydrogen-bond donors (Lipinski definition) is 1. The summed E-state index contributed by atoms with van der Waals surface area (Å²) in [5.41, 5.74) is 4.37. The molecule has 0 bridgehead atoms. The number of thioether (sulfide) groups is 1. The average molecular weight is 481 g/mol. The van der Waals surface area contributed by atoms with Gasteiger partial charge in [0.05, 0.1) is 20.0 Å². The number of aromatic nitrogens is 1. The summed E-state index contributed by atoms with van der Waals surface area (Å²) in [6, 6.07) is 17.2. The average Bonchev–Trinajstić information content (AvgIpc) is 3.48. The monoisotopic (exact) mass is 480 g/mol. The summed E-state index contributed by atoms with van der Waals surface area (Å²) >= 11 is 7.93. The van der Waals surface area contributed by atoms with Gasteiger partial charge in [-0.05, 0) is 36.5 Å². The minimum atomic E-state index is -0.461. The zero-order chi connectivity index (χ0) is 22.2. The van der Waals surface area contributed by atoms with E-state index in [2.05, 4.69) is 10.4 Å². The molecule has 3 heterocycles. The van der Waals surface area contributed by atoms with Crippen LogP contribution < -0.4 is 5.43 Å². The van der Waals surface area contributed by atoms with E-state index in [1.165, 1.54) is 28.5 Å². The standard InChI is InChI=1S/C21H12N4O4S3/c26-19-18(11-14-8-9-16(29-14)12-4-3-5-13(10-12)25(27)28)32-21(30)24(19)23-20-22-15-6-1-2-7-17(15)31-20/h1-11H,(H,22,23)/b18-11-. The number of benzene rings is 2. The van der Waals surface area contributed by atoms with Crippen LogP contribution in [0.5, 0.6) is 0 Å². The number of hydrogen-bond acceptors (Lipinski definition) is 9. The van der Waals surface area contributed by atoms with E-state index in [1.54, 1.807) is 30.3 Å². The van der Waals surface area contributed by atoms with Crippen LogP contribution in [0.15, 0.2) is 70.0 Å². The maximum Gasteiger partial charge on any atom is 0.285 e. The van der Waals surface area contributed by atoms with E-state index in [0.717, 1.165) is 22.0 Å². The predicted molar refractivity (Wildman–Crippen MR) is 129 cm³/mol. The molecule has 0 saturated carbocycles. The van der Waals surface area contributed by atoms with Gasteiger partial charge in [0, 0.05) is 23.8 Å². The Morgan fingerprint density at radius 3 is 2.81 bits per heavy atom. The molecule has 0 aliphatic carbocycles. The largest absolute Gasteiger partial charge is 0.457 e. The van der Waals surface area contributed by atoms with Crippen LogP contribution in [0.2, 0.25) is 0 Å². The third-order valence-corrected chi connectivity index (χ3v) is 6.78. The van der Waals surface area contributed by atoms with Crippen molar-refractivity contribution in [2.75, 3.05) is 5.43 Å². The number of nitro groups is 1. The lowest BCUT2D eigenvalue weighted by molar-refractivity contribution is -0.384. The molecule has 158 valence electrons. The first-order chi connectivity index (χ1) is 15.5. The van der Waals surface area contributed by atoms with Crippen LogP contribution in [0.25, 0.3) is 27.6 Å². The van der Waals surface area contributed by atoms with Gasteiger partial charge in [0.15, 0.2) is 4.32 Å². The normalized spacial score (nSPS) is 15.1. The van der Waals surface area contributed by atoms with Crippen molar-refractivity contribution in [1.29, 1.82) is 0 Å². The Morgan fingerprint density at radius 1 is 1.16 bits per heavy atom. The number of rotatable bonds is 5. The van der Waals surface area contributed by atoms with Gasteiger partial charge in [0.25, 0.3) is 11.6 Å². The smallest absolute Gasteiger partial charge is 0.285 e. The van der Waals surface area contributed by atoms with Gasteiger partial charge in [0.2, 0.25) is 5.13 Å². The molecule has 1 aliphatic rings. The van der Waals surface area contributed by atoms with E-state index in [9.17, 15) is 14.9 Å². The van der Waals surface area contributed by atoms with Crippen molar-refractivity contribution in [3.05, 3.63) is 81.4 Å². The number of nitrogens with one attached hydrogen (secondary N) is 1. The van der Waals surface area contributed by atoms with Crippen molar-refractivity contribution in [2.24, 2.45) is 0 Å². The van der Waals surface area contributed by atoms with Gasteiger partial charge >= 0.3 is 0 Å². The summed E-state index contributed by atoms with van der Waals surface area (Å²) in [4.78, 5) is 28.3. The minimum absolute atomic E-state index is 0.0257. The zero-order valence-electron chi connectivity index (χ0n) is 16.1. The fourth-order valence-electron chi connectivity index (χ4n) is 3.07. The molecule has 11 heteroatoms. The second kappa shape index (κ2) is 8.19. The number of non-ortho nitro benzene ring substituents is 1. The summed E-state index contributed by atoms with van der Waals surface area (Å²) in [6.45, 7) is 0. The molecule has 1 saturated heterocycles. The number of hydrazine groups is 1. The van der Waals surface area contributed by atoms with Crippen molar-refractivity contribution in [3.63, 3.8) is 0 Å². The molecule has 1 aliphatic heterocycles. The number of nitrogens with zero attached hydrogens (tertiary/aromatic N) is 3. The molecule has 8 nitrogen and oxygen atoms in total. The third-order valence-electron chi connectivity index (χ3n) is 4.54. The van der Waals surface area contributed by atoms with E-state index >= 15 is 0 Å². The molecule has 32 heavy (non-hydrogen) atoms. The second-order valence-corrected chi connectivity index (χ2v) is 9.33. The topological polar surface area (TPSA) is 102 Å². The number of carbonyl (C=O) groups is 1. The van der Waals surface area contributed by atoms with Gasteiger partial charge in [-0.2, -0.15) is 5.01 Å². The number of amides is 1. The van der Waals surface area contributed by atoms with Gasteiger partial charge in [-0.1, -0.05) is 47.4 Å². The molecule has 2 aromatic heterocycles. The molecule has 5 rings (SSSR count). The summed E-state index contributed by atoms with van der Waals surface area (Å²) in [7, 11) is 0. The van der Waals surface area contributed by atoms with Crippen LogP contribution in [-0.2, 0) is 4.79 Å². The summed E-state index contributed by atoms with van der Waals surface area (Å²) < 4.78 is 7.14. The van der Waals surface area contributed by atoms with Gasteiger partial charge in [0.1, 0.15) is 11.5 Å². The zero-order valence-corrected chi connectivity index (χ0v) is 18.5. The van der Waals surface area contributed by atoms with Crippen molar-refractivity contribution in [1.82, 2.24) is 9.99 Å². The minimum Gasteiger partial charge on any atom is -0.457 e. The van der Waals surface area contributed by atoms with E-state index < -0.39 is 4.92 Å². The predicted octanol–water partition coefficient (Wildman–Crippen LogP) is 5.69. The quantitative estimate of drug-likeness (QED) is 0.168. The molecule has 0 unspecified atom stereocenters. The van der Waals surface area contributed by atoms with Crippen LogP contribution in [0, 0.1) is 10.1 Å². The van der Waals surface area contributed by atoms with Crippen LogP contribution in [0.4, 0.5) is 10.8 Å². The first-order valence-corrected chi connectivity index (χ1v) is 11.3. The number of thiocarbonyl (C=S) groups is 1. The van der Waals surface area contributed by atoms with E-state index in [4.69, 9.17) is 16.6 Å². The van der Waals surface area contributed by atoms with E-state index in [1.807, 2.05) is 24.3 Å². The Balaban J connectivity index is 1.36. The molecular weight excluding hydrogens is 468 g/mol. The Bertz CT molecular complexity index is 1390. The first-order valence-electron chi connectivity index (χ1n) is 9.23. The van der Waals surface area contributed by atoms with E-state index in [0.29, 0.717) is 31.4 Å². The number of carbonyl (C=O) groups excluding carboxylic acids is 1. The Labute approximate surface area is 194 Å². The maximum absolute atomic E-state index is 12.9. The highest BCUT2D eigenvalue weighted by molar-refractivity contribution is 8.26. The second-order valence-electron chi connectivity index (χ2n) is 6.63. The van der Waals surface area contributed by atoms with Crippen molar-refractivity contribution in [3.8, 4) is 11.3 Å². The van der Waals surface area contributed by atoms with Crippen LogP contribution in [-0.4, -0.2) is 25.1 Å². The van der Waals surface area contributed by atoms with Crippen LogP contribution in [0.1, 0.15) is 5.76 Å². The molecule has 0 atom stereocenters. The number of thiazole rings is 1. The number of furan rings is 1. The van der Waals surface area contributed by atoms with Crippen molar-refractivity contribution in [2.45, 2.75) is 0 Å². The molecule has 1 amide bonds. The highest BCUT2D eigenvalue weighted by Gasteiger charge is 2.33. The number of anilines is 1. The van der Waals surface area contributed by atoms with Gasteiger partial charge in [-0.25, -0.2) is 4.98 Å². The molecule has 4 aromatic rings. The summed E-state index contributed by atoms with van der Waals surface area (Å²) in [5.74, 6) is 0.586. The van der Waals surface area contributed by atoms with Gasteiger partial charge in [-0.3, -0.25) is 20.3 Å². The van der Waals surface area contributed by atoms with Crippen molar-refractivity contribution < 1.29 is 14.1 Å².